The van der Waals surface area contributed by atoms with Crippen molar-refractivity contribution >= 4 is 83.2 Å². The number of halogens is 4. The Hall–Kier alpha value is -7.77. The Labute approximate surface area is 715 Å². The lowest BCUT2D eigenvalue weighted by Gasteiger charge is -2.39. The van der Waals surface area contributed by atoms with Gasteiger partial charge >= 0.3 is 29.8 Å². The monoisotopic (exact) mass is 1740 g/mol. The molecule has 0 spiro atoms. The number of nitrogens with one attached hydrogen (secondary N) is 1. The van der Waals surface area contributed by atoms with Gasteiger partial charge < -0.3 is 86.7 Å². The van der Waals surface area contributed by atoms with E-state index in [1.54, 1.807) is 38.2 Å². The number of pyridine rings is 1. The second kappa shape index (κ2) is 49.1. The fourth-order valence-electron chi connectivity index (χ4n) is 16.9. The van der Waals surface area contributed by atoms with Gasteiger partial charge in [-0.3, -0.25) is 24.3 Å². The smallest absolute Gasteiger partial charge is 0.328 e. The normalized spacial score (nSPS) is 23.5. The molecule has 0 aliphatic carbocycles. The third kappa shape index (κ3) is 28.7. The minimum atomic E-state index is -1.26. The highest BCUT2D eigenvalue weighted by Crippen LogP contribution is 2.52. The zero-order valence-corrected chi connectivity index (χ0v) is 71.5. The molecule has 7 fully saturated rings. The predicted octanol–water partition coefficient (Wildman–Crippen LogP) is 12.2. The number of aromatic hydroxyl groups is 1. The number of aliphatic hydroxyl groups excluding tert-OH is 5. The Kier molecular flexibility index (Phi) is 41.9. The highest BCUT2D eigenvalue weighted by atomic mass is 79.9. The van der Waals surface area contributed by atoms with E-state index in [1.165, 1.54) is 42.4 Å². The van der Waals surface area contributed by atoms with Crippen LogP contribution in [0.1, 0.15) is 187 Å². The standard InChI is InChI=1S/C17H21NO4.2C17H23NO3.C16H19ClN2.C9H13NO2.C9H13NO.C4H4O4.BrH.2ClH/c1-18-13-6-9(7-14(18)16-15(13)22-16)10-4-2-3-5-11(10)12(8-19)17(20)21;2*1-18-14-5-6-15(18)9-13(8-14)11-3-2-4-12(7-11)16(10-19)17(20)21;1-19(2)12-10-15(16-5-3-4-11-18-16)13-6-8-14(17)9-7-13;1-10-6-9(12)7-3-2-4-8(11)5-7;1-7(10)9(11)8-5-3-2-4-6-8;5-3(6)1-2-4(7)8;;;/h2-5,9,12-16,19H,6-8H2,1H3,(H,20,21);2*2-4,7,13-16,19H,5-6,8-10H2,1H3,(H,20,21);3-9,11,15H,10,12H2,1-2H3;2-5,9-12H,6H2,1H3;2-7,9,11H,10H2,1H3;1-2H,(H,5,6)(H,7,8);3*1H. The van der Waals surface area contributed by atoms with E-state index in [9.17, 15) is 64.8 Å². The van der Waals surface area contributed by atoms with Crippen molar-refractivity contribution in [1.82, 2.24) is 29.9 Å². The number of aromatic nitrogens is 1. The molecule has 24 nitrogen and oxygen atoms in total. The summed E-state index contributed by atoms with van der Waals surface area (Å²) in [7, 11) is 12.6. The molecule has 15 unspecified atom stereocenters. The van der Waals surface area contributed by atoms with Gasteiger partial charge in [-0.05, 0) is 231 Å². The van der Waals surface area contributed by atoms with Gasteiger partial charge in [0.2, 0.25) is 0 Å². The zero-order valence-electron chi connectivity index (χ0n) is 67.4. The number of phenolic OH excluding ortho intramolecular Hbond substituents is 1. The molecule has 28 heteroatoms. The van der Waals surface area contributed by atoms with E-state index in [0.717, 1.165) is 84.5 Å². The minimum Gasteiger partial charge on any atom is -0.508 e. The number of carboxylic acid groups (broad SMARTS) is 5. The number of piperidine rings is 3. The molecule has 117 heavy (non-hydrogen) atoms. The molecule has 6 aromatic carbocycles. The van der Waals surface area contributed by atoms with Crippen LogP contribution in [0.4, 0.5) is 0 Å². The Balaban J connectivity index is 0.000000248. The van der Waals surface area contributed by atoms with Crippen molar-refractivity contribution in [3.8, 4) is 5.75 Å². The lowest BCUT2D eigenvalue weighted by Crippen LogP contribution is -2.44. The first-order chi connectivity index (χ1) is 54.5. The number of fused-ring (bicyclic) bond motifs is 9. The Bertz CT molecular complexity index is 4060. The highest BCUT2D eigenvalue weighted by molar-refractivity contribution is 8.93. The first-order valence-electron chi connectivity index (χ1n) is 39.2. The number of nitrogens with zero attached hydrogens (tertiary/aromatic N) is 5. The van der Waals surface area contributed by atoms with Crippen LogP contribution in [-0.4, -0.2) is 240 Å². The molecule has 14 rings (SSSR count). The summed E-state index contributed by atoms with van der Waals surface area (Å²) < 4.78 is 5.74. The van der Waals surface area contributed by atoms with Crippen LogP contribution < -0.4 is 11.1 Å². The number of hydrogen-bond donors (Lipinski definition) is 13. The number of carbonyl (C=O) groups is 5. The number of epoxide rings is 1. The molecule has 7 aliphatic rings. The summed E-state index contributed by atoms with van der Waals surface area (Å²) >= 11 is 5.97. The van der Waals surface area contributed by atoms with Crippen LogP contribution >= 0.6 is 53.4 Å². The zero-order chi connectivity index (χ0) is 82.9. The molecule has 640 valence electrons. The fourth-order valence-corrected chi connectivity index (χ4v) is 17.0. The molecule has 1 aromatic heterocycles. The maximum Gasteiger partial charge on any atom is 0.328 e. The van der Waals surface area contributed by atoms with E-state index in [2.05, 4.69) is 95.5 Å². The average molecular weight is 1750 g/mol. The summed E-state index contributed by atoms with van der Waals surface area (Å²) in [6.07, 6.45) is 15.4. The summed E-state index contributed by atoms with van der Waals surface area (Å²) in [4.78, 5) is 67.1. The lowest BCUT2D eigenvalue weighted by molar-refractivity contribution is -0.140. The minimum absolute atomic E-state index is 0. The fraction of sp³-hybridized carbons (Fsp3) is 0.461. The van der Waals surface area contributed by atoms with Crippen molar-refractivity contribution in [3.63, 3.8) is 0 Å². The van der Waals surface area contributed by atoms with Crippen molar-refractivity contribution < 1.29 is 84.9 Å². The Morgan fingerprint density at radius 2 is 1.00 bits per heavy atom. The van der Waals surface area contributed by atoms with Crippen molar-refractivity contribution in [2.24, 2.45) is 5.73 Å². The average Bonchev–Trinajstić information content (AvgIpc) is 1.55. The third-order valence-corrected chi connectivity index (χ3v) is 23.5. The molecular formula is C89H119BrCl3N7O17. The van der Waals surface area contributed by atoms with Gasteiger partial charge in [0, 0.05) is 83.8 Å². The second-order valence-electron chi connectivity index (χ2n) is 31.0. The lowest BCUT2D eigenvalue weighted by atomic mass is 9.80. The molecular weight excluding hydrogens is 1630 g/mol. The van der Waals surface area contributed by atoms with Gasteiger partial charge in [0.05, 0.1) is 32.0 Å². The van der Waals surface area contributed by atoms with Crippen LogP contribution in [0.5, 0.6) is 5.75 Å². The number of hydrogen-bond acceptors (Lipinski definition) is 19. The number of carboxylic acids is 5. The number of aliphatic hydroxyl groups is 5. The predicted molar refractivity (Wildman–Crippen MR) is 463 cm³/mol. The summed E-state index contributed by atoms with van der Waals surface area (Å²) in [5.41, 5.74) is 15.3. The Morgan fingerprint density at radius 1 is 0.556 bits per heavy atom. The summed E-state index contributed by atoms with van der Waals surface area (Å²) in [5, 5.41) is 103. The van der Waals surface area contributed by atoms with Gasteiger partial charge in [-0.25, -0.2) is 9.59 Å². The maximum atomic E-state index is 11.4. The van der Waals surface area contributed by atoms with Gasteiger partial charge in [-0.15, -0.1) is 41.8 Å². The van der Waals surface area contributed by atoms with Crippen molar-refractivity contribution in [2.45, 2.75) is 186 Å². The Morgan fingerprint density at radius 3 is 1.42 bits per heavy atom. The number of phenols is 1. The quantitative estimate of drug-likeness (QED) is 0.0197. The number of morpholine rings is 1. The maximum absolute atomic E-state index is 11.4. The molecule has 0 saturated carbocycles. The number of rotatable bonds is 24. The van der Waals surface area contributed by atoms with E-state index in [0.29, 0.717) is 102 Å². The molecule has 0 amide bonds. The van der Waals surface area contributed by atoms with E-state index >= 15 is 0 Å². The van der Waals surface area contributed by atoms with Crippen molar-refractivity contribution in [3.05, 3.63) is 249 Å². The van der Waals surface area contributed by atoms with Crippen molar-refractivity contribution in [1.29, 1.82) is 0 Å². The molecule has 7 saturated heterocycles. The van der Waals surface area contributed by atoms with Gasteiger partial charge in [0.25, 0.3) is 0 Å². The van der Waals surface area contributed by atoms with Crippen LogP contribution in [0.15, 0.2) is 188 Å². The SMILES string of the molecule is Br.CC(N)C(O)c1ccccc1.CN(C)CCC(c1ccc(Cl)cc1)c1ccccn1.CN1C2CC(c3ccccc3C(CO)C(=O)O)CC1C1OC12.CN1C2CCC1CC(c1cccc(C(CO)C(=O)O)c1)C2.CN1C2CCC1CC(c1cccc(C(CO)C(=O)O)c1)C2.CNCC(O)c1cccc(O)c1.Cl.Cl.O=C(O)C=CC(=O)O. The van der Waals surface area contributed by atoms with Crippen LogP contribution in [0.3, 0.4) is 0 Å². The van der Waals surface area contributed by atoms with Gasteiger partial charge in [-0.2, -0.15) is 0 Å². The van der Waals surface area contributed by atoms with Crippen LogP contribution in [-0.2, 0) is 28.7 Å². The van der Waals surface area contributed by atoms with Crippen LogP contribution in [0, 0.1) is 0 Å². The third-order valence-electron chi connectivity index (χ3n) is 23.3. The van der Waals surface area contributed by atoms with Crippen LogP contribution in [0.2, 0.25) is 5.02 Å². The summed E-state index contributed by atoms with van der Waals surface area (Å²) in [6.45, 7) is 2.25. The second-order valence-corrected chi connectivity index (χ2v) is 31.4. The van der Waals surface area contributed by atoms with Crippen LogP contribution in [0.25, 0.3) is 0 Å². The topological polar surface area (TPSA) is 384 Å². The molecule has 6 bridgehead atoms. The molecule has 0 radical (unpaired) electrons. The van der Waals surface area contributed by atoms with Gasteiger partial charge in [0.15, 0.2) is 0 Å². The molecule has 7 aliphatic heterocycles. The van der Waals surface area contributed by atoms with Gasteiger partial charge in [-0.1, -0.05) is 145 Å². The number of likely N-dealkylation sites (N-methyl/N-ethyl adjacent to an activating group) is 2. The first-order valence-corrected chi connectivity index (χ1v) is 39.6. The van der Waals surface area contributed by atoms with Gasteiger partial charge in [0.1, 0.15) is 35.7 Å². The number of ether oxygens (including phenoxy) is 1. The number of aliphatic carboxylic acids is 5. The molecule has 15 atom stereocenters. The molecule has 7 aromatic rings. The van der Waals surface area contributed by atoms with Crippen molar-refractivity contribution in [2.75, 3.05) is 75.2 Å². The molecule has 8 heterocycles. The van der Waals surface area contributed by atoms with E-state index in [4.69, 9.17) is 37.4 Å². The largest absolute Gasteiger partial charge is 0.508 e. The molecule has 14 N–H and O–H groups in total. The number of benzene rings is 6. The van der Waals surface area contributed by atoms with E-state index < -0.39 is 59.8 Å². The number of nitrogens with two attached hydrogens (primary N) is 1. The summed E-state index contributed by atoms with van der Waals surface area (Å²) in [5.74, 6) is -5.96. The first kappa shape index (κ1) is 99.8. The summed E-state index contributed by atoms with van der Waals surface area (Å²) in [6, 6.07) is 57.0. The van der Waals surface area contributed by atoms with E-state index in [-0.39, 0.29) is 73.4 Å². The van der Waals surface area contributed by atoms with E-state index in [1.807, 2.05) is 121 Å². The highest BCUT2D eigenvalue weighted by Gasteiger charge is 2.62.